The molecule has 0 radical (unpaired) electrons. The number of carbonyl (C=O) groups is 6. The van der Waals surface area contributed by atoms with Crippen LogP contribution in [0, 0.1) is 0 Å². The second-order valence-electron chi connectivity index (χ2n) is 10.5. The molecule has 1 atom stereocenters. The highest BCUT2D eigenvalue weighted by Gasteiger charge is 2.22. The van der Waals surface area contributed by atoms with Gasteiger partial charge in [0.1, 0.15) is 19.2 Å². The molecule has 2 aromatic rings. The number of benzene rings is 2. The fourth-order valence-electron chi connectivity index (χ4n) is 4.08. The third kappa shape index (κ3) is 15.0. The predicted molar refractivity (Wildman–Crippen MR) is 174 cm³/mol. The topological polar surface area (TPSA) is 207 Å². The number of hydrogen-bond acceptors (Lipinski definition) is 9. The predicted octanol–water partition coefficient (Wildman–Crippen LogP) is -0.329. The van der Waals surface area contributed by atoms with Crippen LogP contribution in [0.4, 0.5) is 10.5 Å². The van der Waals surface area contributed by atoms with Crippen molar-refractivity contribution in [1.29, 1.82) is 0 Å². The summed E-state index contributed by atoms with van der Waals surface area (Å²) in [6.07, 6.45) is 1.37. The Kier molecular flexibility index (Phi) is 16.7. The Morgan fingerprint density at radius 3 is 2.28 bits per heavy atom. The van der Waals surface area contributed by atoms with Gasteiger partial charge >= 0.3 is 6.09 Å². The molecule has 0 saturated carbocycles. The molecule has 0 spiro atoms. The van der Waals surface area contributed by atoms with E-state index in [2.05, 4.69) is 38.5 Å². The first kappa shape index (κ1) is 37.9. The Morgan fingerprint density at radius 2 is 1.60 bits per heavy atom. The van der Waals surface area contributed by atoms with E-state index >= 15 is 0 Å². The highest BCUT2D eigenvalue weighted by Crippen LogP contribution is 2.16. The van der Waals surface area contributed by atoms with E-state index in [9.17, 15) is 33.9 Å². The van der Waals surface area contributed by atoms with Gasteiger partial charge in [0.2, 0.25) is 23.6 Å². The molecule has 254 valence electrons. The maximum absolute atomic E-state index is 13.1. The molecule has 0 heterocycles. The van der Waals surface area contributed by atoms with Gasteiger partial charge in [0.15, 0.2) is 0 Å². The van der Waals surface area contributed by atoms with Crippen molar-refractivity contribution in [2.45, 2.75) is 25.5 Å². The van der Waals surface area contributed by atoms with E-state index in [0.717, 1.165) is 18.5 Å². The quantitative estimate of drug-likeness (QED) is 0.0782. The summed E-state index contributed by atoms with van der Waals surface area (Å²) in [6.45, 7) is 2.87. The van der Waals surface area contributed by atoms with Gasteiger partial charge in [-0.2, -0.15) is 0 Å². The third-order valence-electron chi connectivity index (χ3n) is 6.41. The molecule has 6 amide bonds. The Balaban J connectivity index is 1.96. The lowest BCUT2D eigenvalue weighted by Gasteiger charge is -2.19. The first-order chi connectivity index (χ1) is 22.5. The van der Waals surface area contributed by atoms with Crippen molar-refractivity contribution in [3.63, 3.8) is 0 Å². The second kappa shape index (κ2) is 20.7. The average Bonchev–Trinajstić information content (AvgIpc) is 3.06. The lowest BCUT2D eigenvalue weighted by Crippen LogP contribution is -2.52. The zero-order valence-electron chi connectivity index (χ0n) is 26.6. The summed E-state index contributed by atoms with van der Waals surface area (Å²) in [6, 6.07) is 12.3. The smallest absolute Gasteiger partial charge is 0.407 e. The van der Waals surface area contributed by atoms with Gasteiger partial charge in [0.25, 0.3) is 5.91 Å². The summed E-state index contributed by atoms with van der Waals surface area (Å²) in [5, 5.41) is 24.7. The van der Waals surface area contributed by atoms with Gasteiger partial charge in [-0.3, -0.25) is 24.0 Å². The summed E-state index contributed by atoms with van der Waals surface area (Å²) >= 11 is 0. The second-order valence-corrected chi connectivity index (χ2v) is 10.5. The maximum atomic E-state index is 13.1. The molecule has 47 heavy (non-hydrogen) atoms. The van der Waals surface area contributed by atoms with E-state index in [1.54, 1.807) is 30.3 Å². The number of nitrogens with one attached hydrogen (secondary N) is 6. The molecule has 0 aliphatic heterocycles. The van der Waals surface area contributed by atoms with Crippen molar-refractivity contribution in [3.8, 4) is 0 Å². The molecule has 2 rings (SSSR count). The minimum atomic E-state index is -1.09. The van der Waals surface area contributed by atoms with Crippen molar-refractivity contribution in [3.05, 3.63) is 77.9 Å². The van der Waals surface area contributed by atoms with Crippen molar-refractivity contribution >= 4 is 41.3 Å². The Hall–Kier alpha value is -5.28. The summed E-state index contributed by atoms with van der Waals surface area (Å²) in [4.78, 5) is 76.6. The van der Waals surface area contributed by atoms with E-state index in [4.69, 9.17) is 4.74 Å². The molecule has 2 aromatic carbocycles. The van der Waals surface area contributed by atoms with Crippen LogP contribution in [0.15, 0.2) is 61.2 Å². The molecule has 0 saturated heterocycles. The number of carbonyl (C=O) groups excluding carboxylic acids is 6. The van der Waals surface area contributed by atoms with Crippen LogP contribution in [0.2, 0.25) is 0 Å². The molecule has 15 nitrogen and oxygen atoms in total. The molecule has 7 N–H and O–H groups in total. The first-order valence-corrected chi connectivity index (χ1v) is 14.9. The van der Waals surface area contributed by atoms with Gasteiger partial charge in [-0.15, -0.1) is 0 Å². The number of hydrogen-bond donors (Lipinski definition) is 7. The van der Waals surface area contributed by atoms with Crippen LogP contribution >= 0.6 is 0 Å². The highest BCUT2D eigenvalue weighted by atomic mass is 16.5. The summed E-state index contributed by atoms with van der Waals surface area (Å²) in [5.41, 5.74) is 1.62. The maximum Gasteiger partial charge on any atom is 0.407 e. The standard InChI is InChI=1S/C32H43N7O8/c1-4-15-47-32(46)36-18-27(41)34-19-29(43)38-26(16-22-9-6-5-7-10-22)31(45)35-20-28(42)37-24-12-11-23(21-40)25(17-24)30(44)33-13-8-14-39(2)3/h4-7,9-12,17,26,40H,1,8,13-16,18-21H2,2-3H3,(H,33,44)(H,34,41)(H,35,45)(H,36,46)(H,37,42)(H,38,43)/t26-/m0/s1. The van der Waals surface area contributed by atoms with Crippen LogP contribution in [0.5, 0.6) is 0 Å². The van der Waals surface area contributed by atoms with Gasteiger partial charge in [0.05, 0.1) is 19.7 Å². The monoisotopic (exact) mass is 653 g/mol. The summed E-state index contributed by atoms with van der Waals surface area (Å²) in [7, 11) is 3.86. The molecular formula is C32H43N7O8. The third-order valence-corrected chi connectivity index (χ3v) is 6.41. The zero-order chi connectivity index (χ0) is 34.6. The number of anilines is 1. The molecule has 0 fully saturated rings. The lowest BCUT2D eigenvalue weighted by molar-refractivity contribution is -0.130. The average molecular weight is 654 g/mol. The number of rotatable bonds is 19. The zero-order valence-corrected chi connectivity index (χ0v) is 26.6. The van der Waals surface area contributed by atoms with Gasteiger partial charge in [-0.05, 0) is 50.3 Å². The van der Waals surface area contributed by atoms with Crippen LogP contribution in [-0.4, -0.2) is 105 Å². The van der Waals surface area contributed by atoms with E-state index in [1.165, 1.54) is 24.3 Å². The largest absolute Gasteiger partial charge is 0.445 e. The number of nitrogens with zero attached hydrogens (tertiary/aromatic N) is 1. The Bertz CT molecular complexity index is 1380. The van der Waals surface area contributed by atoms with E-state index < -0.39 is 61.3 Å². The van der Waals surface area contributed by atoms with Crippen LogP contribution in [0.1, 0.15) is 27.9 Å². The van der Waals surface area contributed by atoms with Gasteiger partial charge < -0.3 is 46.6 Å². The van der Waals surface area contributed by atoms with Crippen LogP contribution in [0.25, 0.3) is 0 Å². The van der Waals surface area contributed by atoms with Crippen molar-refractivity contribution < 1.29 is 38.6 Å². The first-order valence-electron chi connectivity index (χ1n) is 14.9. The van der Waals surface area contributed by atoms with E-state index in [1.807, 2.05) is 19.0 Å². The highest BCUT2D eigenvalue weighted by molar-refractivity contribution is 6.00. The normalized spacial score (nSPS) is 11.1. The Morgan fingerprint density at radius 1 is 0.894 bits per heavy atom. The van der Waals surface area contributed by atoms with Gasteiger partial charge in [-0.25, -0.2) is 4.79 Å². The molecule has 15 heteroatoms. The summed E-state index contributed by atoms with van der Waals surface area (Å²) < 4.78 is 4.70. The fraction of sp³-hybridized carbons (Fsp3) is 0.375. The molecule has 0 bridgehead atoms. The lowest BCUT2D eigenvalue weighted by atomic mass is 10.1. The summed E-state index contributed by atoms with van der Waals surface area (Å²) in [5.74, 6) is -2.97. The molecular weight excluding hydrogens is 610 g/mol. The van der Waals surface area contributed by atoms with E-state index in [-0.39, 0.29) is 30.9 Å². The van der Waals surface area contributed by atoms with Crippen molar-refractivity contribution in [2.24, 2.45) is 0 Å². The number of aliphatic hydroxyl groups is 1. The van der Waals surface area contributed by atoms with Crippen LogP contribution < -0.4 is 31.9 Å². The van der Waals surface area contributed by atoms with Gasteiger partial charge in [0, 0.05) is 24.2 Å². The Labute approximate surface area is 273 Å². The van der Waals surface area contributed by atoms with Crippen LogP contribution in [-0.2, 0) is 36.9 Å². The van der Waals surface area contributed by atoms with Gasteiger partial charge in [-0.1, -0.05) is 49.1 Å². The molecule has 0 aromatic heterocycles. The molecule has 0 aliphatic rings. The van der Waals surface area contributed by atoms with Crippen molar-refractivity contribution in [1.82, 2.24) is 31.5 Å². The fourth-order valence-corrected chi connectivity index (χ4v) is 4.08. The molecule has 0 aliphatic carbocycles. The number of alkyl carbamates (subject to hydrolysis) is 1. The molecule has 0 unspecified atom stereocenters. The number of amides is 6. The minimum Gasteiger partial charge on any atom is -0.445 e. The minimum absolute atomic E-state index is 0.0303. The van der Waals surface area contributed by atoms with Crippen molar-refractivity contribution in [2.75, 3.05) is 58.7 Å². The SMILES string of the molecule is C=CCOC(=O)NCC(=O)NCC(=O)N[C@@H](Cc1ccccc1)C(=O)NCC(=O)Nc1ccc(CO)c(C(=O)NCCCN(C)C)c1. The number of aliphatic hydroxyl groups excluding tert-OH is 1. The van der Waals surface area contributed by atoms with E-state index in [0.29, 0.717) is 12.1 Å². The number of ether oxygens (including phenoxy) is 1. The van der Waals surface area contributed by atoms with Crippen LogP contribution in [0.3, 0.4) is 0 Å².